The molecule has 1 unspecified atom stereocenters. The van der Waals surface area contributed by atoms with Gasteiger partial charge in [0, 0.05) is 63.0 Å². The van der Waals surface area contributed by atoms with Crippen molar-refractivity contribution in [3.63, 3.8) is 0 Å². The van der Waals surface area contributed by atoms with E-state index in [1.165, 1.54) is 66.0 Å². The Bertz CT molecular complexity index is 3290. The minimum Gasteiger partial charge on any atom is -0.485 e. The van der Waals surface area contributed by atoms with E-state index in [4.69, 9.17) is 19.7 Å². The molecule has 2 aliphatic carbocycles. The maximum atomic E-state index is 6.53. The average Bonchev–Trinajstić information content (AvgIpc) is 4.00. The van der Waals surface area contributed by atoms with Crippen LogP contribution in [0.4, 0.5) is 0 Å². The Morgan fingerprint density at radius 1 is 0.508 bits per heavy atom. The molecule has 12 rings (SSSR count). The van der Waals surface area contributed by atoms with Gasteiger partial charge in [0.05, 0.1) is 5.52 Å². The van der Waals surface area contributed by atoms with Crippen LogP contribution in [0.25, 0.3) is 73.5 Å². The molecule has 9 aromatic rings. The van der Waals surface area contributed by atoms with E-state index in [2.05, 4.69) is 168 Å². The molecule has 278 valence electrons. The van der Waals surface area contributed by atoms with Crippen molar-refractivity contribution >= 4 is 33.7 Å². The number of allylic oxidation sites excluding steroid dienone is 1. The van der Waals surface area contributed by atoms with Gasteiger partial charge in [0.15, 0.2) is 17.5 Å². The fraction of sp³-hybridized carbons (Fsp3) is 0.0556. The van der Waals surface area contributed by atoms with Crippen molar-refractivity contribution < 1.29 is 4.74 Å². The number of hydrogen-bond donors (Lipinski definition) is 0. The summed E-state index contributed by atoms with van der Waals surface area (Å²) in [4.78, 5) is 15.4. The smallest absolute Gasteiger partial charge is 0.164 e. The van der Waals surface area contributed by atoms with Gasteiger partial charge in [-0.2, -0.15) is 0 Å². The van der Waals surface area contributed by atoms with E-state index in [0.717, 1.165) is 41.0 Å². The van der Waals surface area contributed by atoms with E-state index in [9.17, 15) is 0 Å². The number of rotatable bonds is 6. The summed E-state index contributed by atoms with van der Waals surface area (Å²) in [6.07, 6.45) is 4.01. The number of nitrogens with zero attached hydrogens (tertiary/aromatic N) is 4. The molecule has 0 saturated carbocycles. The number of hydrogen-bond acceptors (Lipinski definition) is 4. The predicted octanol–water partition coefficient (Wildman–Crippen LogP) is 10.5. The largest absolute Gasteiger partial charge is 0.485 e. The first-order valence-electron chi connectivity index (χ1n) is 20.2. The van der Waals surface area contributed by atoms with Crippen LogP contribution in [0.1, 0.15) is 34.4 Å². The molecule has 59 heavy (non-hydrogen) atoms. The second-order valence-electron chi connectivity index (χ2n) is 15.5. The van der Waals surface area contributed by atoms with E-state index in [1.54, 1.807) is 0 Å². The van der Waals surface area contributed by atoms with Crippen LogP contribution in [0.15, 0.2) is 182 Å². The average molecular weight is 757 g/mol. The van der Waals surface area contributed by atoms with Gasteiger partial charge in [-0.15, -0.1) is 0 Å². The molecule has 1 atom stereocenters. The molecule has 2 aromatic heterocycles. The van der Waals surface area contributed by atoms with Gasteiger partial charge in [-0.05, 0) is 63.1 Å². The second-order valence-corrected chi connectivity index (χ2v) is 15.5. The van der Waals surface area contributed by atoms with E-state index in [1.807, 2.05) is 24.3 Å². The lowest BCUT2D eigenvalue weighted by Crippen LogP contribution is -2.37. The third-order valence-corrected chi connectivity index (χ3v) is 12.1. The molecule has 3 heterocycles. The van der Waals surface area contributed by atoms with Crippen molar-refractivity contribution in [2.45, 2.75) is 18.9 Å². The van der Waals surface area contributed by atoms with Gasteiger partial charge in [-0.1, -0.05) is 158 Å². The van der Waals surface area contributed by atoms with Gasteiger partial charge in [0.1, 0.15) is 11.9 Å². The van der Waals surface area contributed by atoms with Crippen molar-refractivity contribution in [2.24, 2.45) is 0 Å². The normalized spacial score (nSPS) is 15.0. The van der Waals surface area contributed by atoms with Crippen molar-refractivity contribution in [1.82, 2.24) is 19.5 Å². The molecular formula is C54H36N4O. The fourth-order valence-electron chi connectivity index (χ4n) is 9.34. The van der Waals surface area contributed by atoms with Crippen LogP contribution in [0.2, 0.25) is 0 Å². The number of ether oxygens (including phenoxy) is 1. The summed E-state index contributed by atoms with van der Waals surface area (Å²) in [5, 5.41) is 3.76. The van der Waals surface area contributed by atoms with Crippen LogP contribution in [0.3, 0.4) is 0 Å². The summed E-state index contributed by atoms with van der Waals surface area (Å²) in [6, 6.07) is 64.0. The molecule has 7 aromatic carbocycles. The van der Waals surface area contributed by atoms with Crippen LogP contribution in [-0.2, 0) is 6.42 Å². The van der Waals surface area contributed by atoms with Crippen molar-refractivity contribution in [2.75, 3.05) is 0 Å². The standard InChI is InChI=1S/C54H36N4O/c1-3-14-34(15-4-1)39-31-46-42-21-9-11-24-47(42)58(48(46)32-39)40-19-13-18-38(30-40)54-56-52(36-16-5-2-6-17-36)55-53(57-54)37-28-26-35(27-29-37)45-33-50-51(43-22-8-7-20-41(43)45)44-23-10-12-25-49(44)59-50/h1-31,50H,32-33H2. The number of fused-ring (bicyclic) bond motifs is 7. The van der Waals surface area contributed by atoms with E-state index >= 15 is 0 Å². The van der Waals surface area contributed by atoms with Gasteiger partial charge in [-0.25, -0.2) is 15.0 Å². The zero-order valence-corrected chi connectivity index (χ0v) is 32.1. The number of para-hydroxylation sites is 2. The SMILES string of the molecule is C1=C(c2ccccc2)Cc2c1c1ccccc1n2-c1cccc(-c2nc(-c3ccccc3)nc(-c3ccc(C4=c5ccccc5=C5c6ccccc6OC5C4)cc3)n2)c1. The first kappa shape index (κ1) is 33.5. The second kappa shape index (κ2) is 13.5. The molecule has 5 nitrogen and oxygen atoms in total. The number of aromatic nitrogens is 4. The lowest BCUT2D eigenvalue weighted by Gasteiger charge is -2.21. The predicted molar refractivity (Wildman–Crippen MR) is 237 cm³/mol. The quantitative estimate of drug-likeness (QED) is 0.170. The highest BCUT2D eigenvalue weighted by Gasteiger charge is 2.33. The molecular weight excluding hydrogens is 721 g/mol. The summed E-state index contributed by atoms with van der Waals surface area (Å²) in [6.45, 7) is 0. The molecule has 0 amide bonds. The monoisotopic (exact) mass is 756 g/mol. The van der Waals surface area contributed by atoms with Crippen molar-refractivity contribution in [3.8, 4) is 45.6 Å². The molecule has 0 spiro atoms. The molecule has 5 heteroatoms. The first-order valence-corrected chi connectivity index (χ1v) is 20.2. The summed E-state index contributed by atoms with van der Waals surface area (Å²) >= 11 is 0. The molecule has 1 aliphatic heterocycles. The maximum Gasteiger partial charge on any atom is 0.164 e. The minimum atomic E-state index is -0.0139. The highest BCUT2D eigenvalue weighted by molar-refractivity contribution is 6.01. The zero-order valence-electron chi connectivity index (χ0n) is 32.1. The maximum absolute atomic E-state index is 6.53. The molecule has 3 aliphatic rings. The van der Waals surface area contributed by atoms with Crippen molar-refractivity contribution in [1.29, 1.82) is 0 Å². The summed E-state index contributed by atoms with van der Waals surface area (Å²) in [7, 11) is 0. The van der Waals surface area contributed by atoms with Gasteiger partial charge in [-0.3, -0.25) is 0 Å². The number of benzene rings is 7. The first-order chi connectivity index (χ1) is 29.2. The Morgan fingerprint density at radius 3 is 1.92 bits per heavy atom. The third kappa shape index (κ3) is 5.58. The molecule has 0 bridgehead atoms. The highest BCUT2D eigenvalue weighted by atomic mass is 16.5. The molecule has 0 fully saturated rings. The highest BCUT2D eigenvalue weighted by Crippen LogP contribution is 2.42. The Kier molecular flexibility index (Phi) is 7.67. The fourth-order valence-corrected chi connectivity index (χ4v) is 9.34. The zero-order chi connectivity index (χ0) is 38.9. The third-order valence-electron chi connectivity index (χ3n) is 12.1. The Labute approximate surface area is 341 Å². The molecule has 0 saturated heterocycles. The Morgan fingerprint density at radius 2 is 1.12 bits per heavy atom. The van der Waals surface area contributed by atoms with Gasteiger partial charge >= 0.3 is 0 Å². The van der Waals surface area contributed by atoms with Crippen LogP contribution in [0.5, 0.6) is 5.75 Å². The van der Waals surface area contributed by atoms with Crippen LogP contribution in [0, 0.1) is 0 Å². The van der Waals surface area contributed by atoms with Crippen LogP contribution in [-0.4, -0.2) is 25.6 Å². The van der Waals surface area contributed by atoms with Crippen LogP contribution < -0.4 is 15.2 Å². The van der Waals surface area contributed by atoms with E-state index in [-0.39, 0.29) is 6.10 Å². The topological polar surface area (TPSA) is 52.8 Å². The van der Waals surface area contributed by atoms with Gasteiger partial charge in [0.25, 0.3) is 0 Å². The van der Waals surface area contributed by atoms with E-state index < -0.39 is 0 Å². The summed E-state index contributed by atoms with van der Waals surface area (Å²) in [5.74, 6) is 2.87. The lowest BCUT2D eigenvalue weighted by molar-refractivity contribution is 0.280. The van der Waals surface area contributed by atoms with Crippen molar-refractivity contribution in [3.05, 3.63) is 220 Å². The molecule has 0 N–H and O–H groups in total. The summed E-state index contributed by atoms with van der Waals surface area (Å²) < 4.78 is 8.95. The lowest BCUT2D eigenvalue weighted by atomic mass is 9.86. The van der Waals surface area contributed by atoms with Crippen LogP contribution >= 0.6 is 0 Å². The minimum absolute atomic E-state index is 0.0139. The Balaban J connectivity index is 0.951. The van der Waals surface area contributed by atoms with E-state index in [0.29, 0.717) is 17.5 Å². The Hall–Kier alpha value is -7.63. The van der Waals surface area contributed by atoms with Gasteiger partial charge in [0.2, 0.25) is 0 Å². The summed E-state index contributed by atoms with van der Waals surface area (Å²) in [5.41, 5.74) is 15.2. The van der Waals surface area contributed by atoms with Gasteiger partial charge < -0.3 is 9.30 Å². The molecule has 0 radical (unpaired) electrons.